The van der Waals surface area contributed by atoms with Gasteiger partial charge in [-0.3, -0.25) is 9.59 Å². The van der Waals surface area contributed by atoms with Crippen molar-refractivity contribution >= 4 is 11.9 Å². The highest BCUT2D eigenvalue weighted by Gasteiger charge is 2.51. The normalized spacial score (nSPS) is 18.1. The van der Waals surface area contributed by atoms with Crippen LogP contribution < -0.4 is 4.73 Å². The van der Waals surface area contributed by atoms with Crippen LogP contribution in [0.2, 0.25) is 0 Å². The lowest BCUT2D eigenvalue weighted by Gasteiger charge is -2.35. The Labute approximate surface area is 156 Å². The maximum absolute atomic E-state index is 12.8. The second-order valence-corrected chi connectivity index (χ2v) is 7.17. The molecule has 8 nitrogen and oxygen atoms in total. The zero-order valence-electron chi connectivity index (χ0n) is 15.8. The van der Waals surface area contributed by atoms with Crippen molar-refractivity contribution in [2.24, 2.45) is 13.0 Å². The minimum atomic E-state index is -1.37. The number of phenolic OH excluding ortho intramolecular Hbond substituents is 1. The molecule has 0 saturated carbocycles. The molecule has 3 rings (SSSR count). The molecule has 1 aromatic carbocycles. The van der Waals surface area contributed by atoms with Crippen LogP contribution in [0.3, 0.4) is 0 Å². The molecule has 1 aliphatic rings. The summed E-state index contributed by atoms with van der Waals surface area (Å²) in [4.78, 5) is 25.4. The first-order valence-corrected chi connectivity index (χ1v) is 8.53. The molecular formula is C19H22N2O6. The number of cyclic esters (lactones) is 2. The first kappa shape index (κ1) is 18.8. The van der Waals surface area contributed by atoms with Gasteiger partial charge < -0.3 is 19.8 Å². The highest BCUT2D eigenvalue weighted by Crippen LogP contribution is 2.38. The fourth-order valence-corrected chi connectivity index (χ4v) is 3.41. The molecule has 0 radical (unpaired) electrons. The van der Waals surface area contributed by atoms with E-state index in [2.05, 4.69) is 0 Å². The topological polar surface area (TPSA) is 105 Å². The third-order valence-electron chi connectivity index (χ3n) is 4.92. The van der Waals surface area contributed by atoms with E-state index in [1.807, 2.05) is 0 Å². The molecule has 0 aliphatic carbocycles. The molecule has 0 spiro atoms. The summed E-state index contributed by atoms with van der Waals surface area (Å²) in [6.45, 7) is 6.36. The van der Waals surface area contributed by atoms with Gasteiger partial charge in [-0.1, -0.05) is 12.1 Å². The number of phenols is 1. The fraction of sp³-hybridized carbons (Fsp3) is 0.421. The molecule has 1 atom stereocenters. The lowest BCUT2D eigenvalue weighted by Crippen LogP contribution is -2.50. The molecule has 0 amide bonds. The number of aromatic hydroxyl groups is 1. The Hall–Kier alpha value is -3.03. The molecule has 1 aliphatic heterocycles. The standard InChI is InChI=1S/C19H22N2O6/c1-10-11(2)21(25)16(20(10)5)14(12-7-6-8-13(22)9-12)15-17(23)26-19(3,4)27-18(15)24/h6-9,14-15,22H,1-5H3/t14-/m0/s1. The summed E-state index contributed by atoms with van der Waals surface area (Å²) in [5.41, 5.74) is 1.58. The van der Waals surface area contributed by atoms with Crippen molar-refractivity contribution in [2.45, 2.75) is 39.4 Å². The molecule has 2 aromatic rings. The van der Waals surface area contributed by atoms with E-state index >= 15 is 0 Å². The van der Waals surface area contributed by atoms with E-state index in [0.717, 1.165) is 0 Å². The van der Waals surface area contributed by atoms with Crippen LogP contribution in [0.4, 0.5) is 0 Å². The van der Waals surface area contributed by atoms with E-state index in [4.69, 9.17) is 9.47 Å². The van der Waals surface area contributed by atoms with Crippen molar-refractivity contribution in [3.8, 4) is 5.75 Å². The van der Waals surface area contributed by atoms with Gasteiger partial charge in [0.1, 0.15) is 23.1 Å². The number of nitrogens with zero attached hydrogens (tertiary/aromatic N) is 2. The molecular weight excluding hydrogens is 352 g/mol. The van der Waals surface area contributed by atoms with Gasteiger partial charge in [0, 0.05) is 27.7 Å². The van der Waals surface area contributed by atoms with Crippen LogP contribution in [0.5, 0.6) is 5.75 Å². The number of esters is 2. The van der Waals surface area contributed by atoms with Crippen LogP contribution >= 0.6 is 0 Å². The van der Waals surface area contributed by atoms with E-state index in [0.29, 0.717) is 21.7 Å². The first-order valence-electron chi connectivity index (χ1n) is 8.53. The summed E-state index contributed by atoms with van der Waals surface area (Å²) >= 11 is 0. The summed E-state index contributed by atoms with van der Waals surface area (Å²) in [6.07, 6.45) is 0. The maximum Gasteiger partial charge on any atom is 0.324 e. The predicted molar refractivity (Wildman–Crippen MR) is 93.5 cm³/mol. The number of benzene rings is 1. The molecule has 1 N–H and O–H groups in total. The fourth-order valence-electron chi connectivity index (χ4n) is 3.41. The third-order valence-corrected chi connectivity index (χ3v) is 4.92. The number of rotatable bonds is 3. The smallest absolute Gasteiger partial charge is 0.324 e. The van der Waals surface area contributed by atoms with E-state index in [1.54, 1.807) is 37.6 Å². The Kier molecular flexibility index (Phi) is 4.37. The molecule has 0 unspecified atom stereocenters. The lowest BCUT2D eigenvalue weighted by atomic mass is 9.84. The SMILES string of the molecule is Cc1c(C)[n+]([O-])c([C@@H](c2cccc(O)c2)C2C(=O)OC(C)(C)OC2=O)n1C. The monoisotopic (exact) mass is 374 g/mol. The zero-order valence-corrected chi connectivity index (χ0v) is 15.8. The van der Waals surface area contributed by atoms with Crippen LogP contribution in [-0.2, 0) is 26.1 Å². The number of hydrogen-bond donors (Lipinski definition) is 1. The van der Waals surface area contributed by atoms with Gasteiger partial charge in [-0.2, -0.15) is 0 Å². The van der Waals surface area contributed by atoms with Crippen LogP contribution in [0.1, 0.15) is 42.5 Å². The summed E-state index contributed by atoms with van der Waals surface area (Å²) in [5.74, 6) is -5.14. The van der Waals surface area contributed by atoms with Gasteiger partial charge in [0.2, 0.25) is 0 Å². The number of aromatic nitrogens is 2. The van der Waals surface area contributed by atoms with E-state index in [-0.39, 0.29) is 11.6 Å². The Balaban J connectivity index is 2.23. The highest BCUT2D eigenvalue weighted by molar-refractivity contribution is 5.98. The van der Waals surface area contributed by atoms with Gasteiger partial charge in [0.25, 0.3) is 11.6 Å². The van der Waals surface area contributed by atoms with Crippen LogP contribution in [-0.4, -0.2) is 27.4 Å². The van der Waals surface area contributed by atoms with E-state index in [1.165, 1.54) is 26.0 Å². The zero-order chi connectivity index (χ0) is 20.1. The van der Waals surface area contributed by atoms with E-state index in [9.17, 15) is 19.9 Å². The number of ether oxygens (including phenoxy) is 2. The van der Waals surface area contributed by atoms with Gasteiger partial charge in [0.05, 0.1) is 7.05 Å². The van der Waals surface area contributed by atoms with E-state index < -0.39 is 29.6 Å². The quantitative estimate of drug-likeness (QED) is 0.378. The number of hydrogen-bond acceptors (Lipinski definition) is 6. The van der Waals surface area contributed by atoms with Crippen molar-refractivity contribution in [1.29, 1.82) is 0 Å². The average molecular weight is 374 g/mol. The molecule has 1 saturated heterocycles. The summed E-state index contributed by atoms with van der Waals surface area (Å²) in [7, 11) is 1.69. The highest BCUT2D eigenvalue weighted by atomic mass is 16.7. The third kappa shape index (κ3) is 3.11. The number of imidazole rings is 1. The van der Waals surface area contributed by atoms with Crippen molar-refractivity contribution in [1.82, 2.24) is 4.57 Å². The largest absolute Gasteiger partial charge is 0.711 e. The minimum absolute atomic E-state index is 0.0459. The second-order valence-electron chi connectivity index (χ2n) is 7.17. The molecule has 1 fully saturated rings. The maximum atomic E-state index is 12.8. The van der Waals surface area contributed by atoms with Crippen LogP contribution in [0.15, 0.2) is 24.3 Å². The lowest BCUT2D eigenvalue weighted by molar-refractivity contribution is -0.621. The Bertz CT molecular complexity index is 885. The molecule has 27 heavy (non-hydrogen) atoms. The Morgan fingerprint density at radius 2 is 1.81 bits per heavy atom. The Morgan fingerprint density at radius 3 is 2.30 bits per heavy atom. The molecule has 8 heteroatoms. The number of carbonyl (C=O) groups excluding carboxylic acids is 2. The summed E-state index contributed by atoms with van der Waals surface area (Å²) < 4.78 is 12.9. The van der Waals surface area contributed by atoms with Crippen molar-refractivity contribution < 1.29 is 28.9 Å². The Morgan fingerprint density at radius 1 is 1.22 bits per heavy atom. The van der Waals surface area contributed by atoms with Gasteiger partial charge in [-0.15, -0.1) is 0 Å². The summed E-state index contributed by atoms with van der Waals surface area (Å²) in [6, 6.07) is 6.11. The molecule has 0 bridgehead atoms. The predicted octanol–water partition coefficient (Wildman–Crippen LogP) is 1.57. The van der Waals surface area contributed by atoms with Gasteiger partial charge in [-0.25, -0.2) is 9.30 Å². The molecule has 1 aromatic heterocycles. The molecule has 144 valence electrons. The van der Waals surface area contributed by atoms with Gasteiger partial charge >= 0.3 is 11.9 Å². The average Bonchev–Trinajstić information content (AvgIpc) is 2.74. The van der Waals surface area contributed by atoms with Gasteiger partial charge in [0.15, 0.2) is 5.92 Å². The van der Waals surface area contributed by atoms with Crippen molar-refractivity contribution in [2.75, 3.05) is 0 Å². The summed E-state index contributed by atoms with van der Waals surface area (Å²) in [5, 5.41) is 22.7. The van der Waals surface area contributed by atoms with Crippen molar-refractivity contribution in [3.05, 3.63) is 52.2 Å². The van der Waals surface area contributed by atoms with Crippen molar-refractivity contribution in [3.63, 3.8) is 0 Å². The number of carbonyl (C=O) groups is 2. The van der Waals surface area contributed by atoms with Gasteiger partial charge in [-0.05, 0) is 17.7 Å². The van der Waals surface area contributed by atoms with Crippen LogP contribution in [0, 0.1) is 25.0 Å². The first-order chi connectivity index (χ1) is 12.5. The molecule has 2 heterocycles. The van der Waals surface area contributed by atoms with Crippen LogP contribution in [0.25, 0.3) is 0 Å². The minimum Gasteiger partial charge on any atom is -0.711 e. The second kappa shape index (κ2) is 6.29.